The number of rotatable bonds is 3. The highest BCUT2D eigenvalue weighted by Gasteiger charge is 2.21. The van der Waals surface area contributed by atoms with E-state index >= 15 is 0 Å². The van der Waals surface area contributed by atoms with Crippen molar-refractivity contribution in [3.63, 3.8) is 0 Å². The van der Waals surface area contributed by atoms with Crippen LogP contribution < -0.4 is 5.73 Å². The van der Waals surface area contributed by atoms with Crippen LogP contribution in [0, 0.1) is 16.0 Å². The lowest BCUT2D eigenvalue weighted by Gasteiger charge is -2.10. The minimum Gasteiger partial charge on any atom is -0.506 e. The average molecular weight is 245 g/mol. The fourth-order valence-electron chi connectivity index (χ4n) is 1.44. The van der Waals surface area contributed by atoms with Gasteiger partial charge in [-0.2, -0.15) is 0 Å². The normalized spacial score (nSPS) is 10.8. The molecule has 0 saturated heterocycles. The minimum absolute atomic E-state index is 0.148. The average Bonchev–Trinajstić information content (AvgIpc) is 2.18. The molecule has 1 rings (SSSR count). The number of anilines is 1. The number of hydrogen-bond acceptors (Lipinski definition) is 4. The van der Waals surface area contributed by atoms with Crippen molar-refractivity contribution in [3.05, 3.63) is 26.8 Å². The van der Waals surface area contributed by atoms with Crippen LogP contribution in [0.5, 0.6) is 5.75 Å². The second-order valence-electron chi connectivity index (χ2n) is 3.99. The second-order valence-corrected chi connectivity index (χ2v) is 4.36. The van der Waals surface area contributed by atoms with Gasteiger partial charge in [0, 0.05) is 11.6 Å². The zero-order valence-corrected chi connectivity index (χ0v) is 9.78. The van der Waals surface area contributed by atoms with Gasteiger partial charge in [0.05, 0.1) is 4.92 Å². The number of nitrogens with zero attached hydrogens (tertiary/aromatic N) is 1. The lowest BCUT2D eigenvalue weighted by Crippen LogP contribution is -2.01. The molecule has 0 atom stereocenters. The molecule has 6 heteroatoms. The van der Waals surface area contributed by atoms with Gasteiger partial charge in [-0.3, -0.25) is 10.1 Å². The van der Waals surface area contributed by atoms with Gasteiger partial charge in [-0.05, 0) is 12.3 Å². The molecule has 3 N–H and O–H groups in total. The summed E-state index contributed by atoms with van der Waals surface area (Å²) in [4.78, 5) is 10.1. The molecule has 0 unspecified atom stereocenters. The van der Waals surface area contributed by atoms with Gasteiger partial charge >= 0.3 is 0 Å². The summed E-state index contributed by atoms with van der Waals surface area (Å²) in [7, 11) is 0. The van der Waals surface area contributed by atoms with Crippen molar-refractivity contribution in [2.75, 3.05) is 5.73 Å². The summed E-state index contributed by atoms with van der Waals surface area (Å²) in [6, 6.07) is 1.27. The van der Waals surface area contributed by atoms with Crippen molar-refractivity contribution >= 4 is 23.0 Å². The Morgan fingerprint density at radius 3 is 2.62 bits per heavy atom. The van der Waals surface area contributed by atoms with Crippen LogP contribution in [0.25, 0.3) is 0 Å². The Kier molecular flexibility index (Phi) is 3.59. The van der Waals surface area contributed by atoms with Crippen LogP contribution in [0.4, 0.5) is 11.4 Å². The summed E-state index contributed by atoms with van der Waals surface area (Å²) in [5.74, 6) is 0.0867. The molecule has 0 fully saturated rings. The van der Waals surface area contributed by atoms with E-state index < -0.39 is 4.92 Å². The topological polar surface area (TPSA) is 89.4 Å². The zero-order chi connectivity index (χ0) is 12.5. The number of phenolic OH excluding ortho intramolecular Hbond substituents is 1. The fraction of sp³-hybridized carbons (Fsp3) is 0.400. The molecule has 0 radical (unpaired) electrons. The first-order valence-corrected chi connectivity index (χ1v) is 5.16. The van der Waals surface area contributed by atoms with E-state index in [-0.39, 0.29) is 28.1 Å². The maximum absolute atomic E-state index is 10.7. The molecule has 0 bridgehead atoms. The van der Waals surface area contributed by atoms with Gasteiger partial charge in [-0.15, -0.1) is 0 Å². The number of aromatic hydroxyl groups is 1. The molecule has 0 aliphatic carbocycles. The van der Waals surface area contributed by atoms with Crippen molar-refractivity contribution in [1.29, 1.82) is 0 Å². The highest BCUT2D eigenvalue weighted by molar-refractivity contribution is 6.35. The number of nitro benzene ring substituents is 1. The summed E-state index contributed by atoms with van der Waals surface area (Å²) in [6.07, 6.45) is 0.507. The van der Waals surface area contributed by atoms with Crippen LogP contribution >= 0.6 is 11.6 Å². The number of phenols is 1. The Morgan fingerprint density at radius 1 is 1.62 bits per heavy atom. The standard InChI is InChI=1S/C10H13ClN2O3/c1-5(2)3-6-4-7(13(15)16)9(12)8(11)10(6)14/h4-5,14H,3,12H2,1-2H3. The summed E-state index contributed by atoms with van der Waals surface area (Å²) < 4.78 is 0. The third kappa shape index (κ3) is 2.36. The maximum Gasteiger partial charge on any atom is 0.294 e. The smallest absolute Gasteiger partial charge is 0.294 e. The third-order valence-corrected chi connectivity index (χ3v) is 2.54. The first-order chi connectivity index (χ1) is 7.34. The van der Waals surface area contributed by atoms with Crippen molar-refractivity contribution in [3.8, 4) is 5.75 Å². The van der Waals surface area contributed by atoms with Gasteiger partial charge < -0.3 is 10.8 Å². The van der Waals surface area contributed by atoms with Gasteiger partial charge in [-0.1, -0.05) is 25.4 Å². The quantitative estimate of drug-likeness (QED) is 0.486. The van der Waals surface area contributed by atoms with E-state index in [1.165, 1.54) is 6.07 Å². The predicted octanol–water partition coefficient (Wildman–Crippen LogP) is 2.73. The van der Waals surface area contributed by atoms with E-state index in [9.17, 15) is 15.2 Å². The van der Waals surface area contributed by atoms with E-state index in [4.69, 9.17) is 17.3 Å². The Hall–Kier alpha value is -1.49. The Balaban J connectivity index is 3.35. The number of benzene rings is 1. The summed E-state index contributed by atoms with van der Waals surface area (Å²) in [5.41, 5.74) is 5.43. The van der Waals surface area contributed by atoms with E-state index in [0.29, 0.717) is 12.0 Å². The molecule has 5 nitrogen and oxygen atoms in total. The Labute approximate surface area is 98.0 Å². The molecule has 0 aliphatic heterocycles. The largest absolute Gasteiger partial charge is 0.506 e. The van der Waals surface area contributed by atoms with Gasteiger partial charge in [0.15, 0.2) is 0 Å². The molecule has 0 heterocycles. The number of nitrogens with two attached hydrogens (primary N) is 1. The van der Waals surface area contributed by atoms with E-state index in [2.05, 4.69) is 0 Å². The number of nitrogen functional groups attached to an aromatic ring is 1. The Morgan fingerprint density at radius 2 is 2.19 bits per heavy atom. The molecule has 1 aromatic rings. The highest BCUT2D eigenvalue weighted by Crippen LogP contribution is 2.40. The predicted molar refractivity (Wildman–Crippen MR) is 62.7 cm³/mol. The second kappa shape index (κ2) is 4.57. The number of nitro groups is 1. The zero-order valence-electron chi connectivity index (χ0n) is 9.03. The molecule has 88 valence electrons. The molecule has 0 aromatic heterocycles. The lowest BCUT2D eigenvalue weighted by atomic mass is 10.0. The minimum atomic E-state index is -0.607. The molecule has 0 amide bonds. The Bertz CT molecular complexity index is 433. The number of hydrogen-bond donors (Lipinski definition) is 2. The van der Waals surface area contributed by atoms with Gasteiger partial charge in [0.25, 0.3) is 5.69 Å². The van der Waals surface area contributed by atoms with E-state index in [1.54, 1.807) is 0 Å². The van der Waals surface area contributed by atoms with Crippen LogP contribution in [-0.4, -0.2) is 10.0 Å². The summed E-state index contributed by atoms with van der Waals surface area (Å²) in [5, 5.41) is 20.3. The van der Waals surface area contributed by atoms with E-state index in [0.717, 1.165) is 0 Å². The maximum atomic E-state index is 10.7. The molecule has 16 heavy (non-hydrogen) atoms. The highest BCUT2D eigenvalue weighted by atomic mass is 35.5. The van der Waals surface area contributed by atoms with E-state index in [1.807, 2.05) is 13.8 Å². The molecular formula is C10H13ClN2O3. The molecular weight excluding hydrogens is 232 g/mol. The first kappa shape index (κ1) is 12.6. The van der Waals surface area contributed by atoms with Crippen LogP contribution in [0.3, 0.4) is 0 Å². The first-order valence-electron chi connectivity index (χ1n) is 4.78. The van der Waals surface area contributed by atoms with Crippen molar-refractivity contribution < 1.29 is 10.0 Å². The lowest BCUT2D eigenvalue weighted by molar-refractivity contribution is -0.384. The molecule has 0 saturated carbocycles. The van der Waals surface area contributed by atoms with Gasteiger partial charge in [-0.25, -0.2) is 0 Å². The monoisotopic (exact) mass is 244 g/mol. The van der Waals surface area contributed by atoms with Crippen LogP contribution in [0.2, 0.25) is 5.02 Å². The van der Waals surface area contributed by atoms with Crippen molar-refractivity contribution in [1.82, 2.24) is 0 Å². The van der Waals surface area contributed by atoms with Crippen molar-refractivity contribution in [2.45, 2.75) is 20.3 Å². The summed E-state index contributed by atoms with van der Waals surface area (Å²) >= 11 is 5.74. The van der Waals surface area contributed by atoms with Gasteiger partial charge in [0.2, 0.25) is 0 Å². The molecule has 1 aromatic carbocycles. The van der Waals surface area contributed by atoms with Crippen LogP contribution in [0.1, 0.15) is 19.4 Å². The molecule has 0 aliphatic rings. The van der Waals surface area contributed by atoms with Gasteiger partial charge in [0.1, 0.15) is 16.5 Å². The molecule has 0 spiro atoms. The van der Waals surface area contributed by atoms with Crippen molar-refractivity contribution in [2.24, 2.45) is 5.92 Å². The third-order valence-electron chi connectivity index (χ3n) is 2.16. The number of halogens is 1. The fourth-order valence-corrected chi connectivity index (χ4v) is 1.66. The summed E-state index contributed by atoms with van der Waals surface area (Å²) in [6.45, 7) is 3.88. The van der Waals surface area contributed by atoms with Crippen LogP contribution in [-0.2, 0) is 6.42 Å². The SMILES string of the molecule is CC(C)Cc1cc([N+](=O)[O-])c(N)c(Cl)c1O. The van der Waals surface area contributed by atoms with Crippen LogP contribution in [0.15, 0.2) is 6.07 Å².